The zero-order chi connectivity index (χ0) is 11.4. The minimum absolute atomic E-state index is 0. The molecule has 0 amide bonds. The summed E-state index contributed by atoms with van der Waals surface area (Å²) in [6.07, 6.45) is 2.68. The largest absolute Gasteiger partial charge is 2.00 e. The van der Waals surface area contributed by atoms with Crippen LogP contribution in [0.25, 0.3) is 0 Å². The first-order chi connectivity index (χ1) is 6.18. The molecule has 0 aromatic heterocycles. The molecule has 0 rings (SSSR count). The van der Waals surface area contributed by atoms with Gasteiger partial charge in [-0.2, -0.15) is 0 Å². The Morgan fingerprint density at radius 3 is 2.27 bits per heavy atom. The number of rotatable bonds is 6. The molecule has 0 bridgehead atoms. The van der Waals surface area contributed by atoms with Crippen LogP contribution in [-0.2, 0) is 48.1 Å². The summed E-state index contributed by atoms with van der Waals surface area (Å²) < 4.78 is 5.36. The summed E-state index contributed by atoms with van der Waals surface area (Å²) in [4.78, 5) is 11.3. The Labute approximate surface area is 117 Å². The molecule has 0 aliphatic carbocycles. The monoisotopic (exact) mass is 318 g/mol. The van der Waals surface area contributed by atoms with Gasteiger partial charge in [-0.3, -0.25) is 0 Å². The molecule has 0 aliphatic heterocycles. The molecule has 0 aliphatic rings. The first-order valence-corrected chi connectivity index (χ1v) is 8.56. The molecule has 0 saturated heterocycles. The zero-order valence-corrected chi connectivity index (χ0v) is 15.5. The topological polar surface area (TPSA) is 32.3 Å². The molecule has 0 aromatic carbocycles. The van der Waals surface area contributed by atoms with Gasteiger partial charge >= 0.3 is 19.5 Å². The molecule has 0 aromatic rings. The van der Waals surface area contributed by atoms with Crippen LogP contribution in [0.3, 0.4) is 0 Å². The number of hydrogen-bond acceptors (Lipinski definition) is 4. The van der Waals surface area contributed by atoms with Gasteiger partial charge in [0.25, 0.3) is 0 Å². The minimum Gasteiger partial charge on any atom is -0.819 e. The Hall–Kier alpha value is 1.54. The Bertz CT molecular complexity index is 220. The van der Waals surface area contributed by atoms with Crippen LogP contribution < -0.4 is 4.89 Å². The number of hydrogen-bond donors (Lipinski definition) is 0. The van der Waals surface area contributed by atoms with E-state index in [2.05, 4.69) is 44.8 Å². The predicted octanol–water partition coefficient (Wildman–Crippen LogP) is 2.74. The molecule has 0 saturated carbocycles. The summed E-state index contributed by atoms with van der Waals surface area (Å²) in [5, 5.41) is 0. The molecular weight excluding hydrogens is 301 g/mol. The first kappa shape index (κ1) is 18.9. The fourth-order valence-electron chi connectivity index (χ4n) is 1.85. The molecular formula is C9H19O2PS2Zn. The summed E-state index contributed by atoms with van der Waals surface area (Å²) in [7, 11) is 0. The Kier molecular flexibility index (Phi) is 9.81. The van der Waals surface area contributed by atoms with Crippen molar-refractivity contribution in [2.24, 2.45) is 5.92 Å². The minimum atomic E-state index is -3.21. The van der Waals surface area contributed by atoms with Gasteiger partial charge in [-0.1, -0.05) is 27.2 Å². The van der Waals surface area contributed by atoms with E-state index in [9.17, 15) is 4.89 Å². The van der Waals surface area contributed by atoms with Crippen LogP contribution in [0, 0.1) is 5.92 Å². The Balaban J connectivity index is 0. The van der Waals surface area contributed by atoms with E-state index in [1.165, 1.54) is 0 Å². The molecule has 2 atom stereocenters. The van der Waals surface area contributed by atoms with Crippen molar-refractivity contribution in [1.82, 2.24) is 0 Å². The van der Waals surface area contributed by atoms with Crippen LogP contribution in [0.2, 0.25) is 0 Å². The summed E-state index contributed by atoms with van der Waals surface area (Å²) in [6.45, 7) is 8.23. The van der Waals surface area contributed by atoms with Crippen molar-refractivity contribution in [3.8, 4) is 0 Å². The van der Waals surface area contributed by atoms with Gasteiger partial charge in [0.15, 0.2) is 0 Å². The van der Waals surface area contributed by atoms with Crippen molar-refractivity contribution in [3.05, 3.63) is 0 Å². The van der Waals surface area contributed by atoms with Crippen LogP contribution in [-0.4, -0.2) is 5.60 Å². The summed E-state index contributed by atoms with van der Waals surface area (Å²) >= 11 is 9.30. The molecule has 2 unspecified atom stereocenters. The molecule has 6 heteroatoms. The average molecular weight is 320 g/mol. The maximum Gasteiger partial charge on any atom is 2.00 e. The van der Waals surface area contributed by atoms with E-state index in [1.54, 1.807) is 0 Å². The van der Waals surface area contributed by atoms with E-state index < -0.39 is 11.3 Å². The first-order valence-electron chi connectivity index (χ1n) is 4.91. The summed E-state index contributed by atoms with van der Waals surface area (Å²) in [5.74, 6) is 0.489. The van der Waals surface area contributed by atoms with E-state index in [-0.39, 0.29) is 19.5 Å². The molecule has 86 valence electrons. The van der Waals surface area contributed by atoms with Crippen LogP contribution >= 0.6 is 5.69 Å². The van der Waals surface area contributed by atoms with E-state index >= 15 is 0 Å². The van der Waals surface area contributed by atoms with Gasteiger partial charge < -0.3 is 21.7 Å². The second-order valence-electron chi connectivity index (χ2n) is 4.34. The van der Waals surface area contributed by atoms with Gasteiger partial charge in [0.1, 0.15) is 0 Å². The van der Waals surface area contributed by atoms with E-state index in [0.717, 1.165) is 19.3 Å². The summed E-state index contributed by atoms with van der Waals surface area (Å²) in [5.41, 5.74) is -3.62. The maximum atomic E-state index is 11.3. The van der Waals surface area contributed by atoms with Crippen molar-refractivity contribution in [2.45, 2.75) is 52.6 Å². The maximum absolute atomic E-state index is 11.3. The smallest absolute Gasteiger partial charge is 0.819 e. The standard InChI is InChI=1S/C9H21O2PS2.Zn/c1-5-6-9(4,7-8(2)3)11-12(10,13)14;/h8H,5-7H2,1-4H3,(H2,10,13,14);/q;+2/p-2. The quantitative estimate of drug-likeness (QED) is 0.428. The third kappa shape index (κ3) is 10.4. The second-order valence-corrected chi connectivity index (χ2v) is 8.99. The van der Waals surface area contributed by atoms with Crippen molar-refractivity contribution in [1.29, 1.82) is 0 Å². The van der Waals surface area contributed by atoms with Gasteiger partial charge in [-0.05, 0) is 25.7 Å². The van der Waals surface area contributed by atoms with Crippen molar-refractivity contribution >= 4 is 29.7 Å². The van der Waals surface area contributed by atoms with Crippen LogP contribution in [0.4, 0.5) is 0 Å². The fourth-order valence-corrected chi connectivity index (χ4v) is 3.63. The molecule has 0 N–H and O–H groups in total. The molecule has 0 fully saturated rings. The SMILES string of the molecule is CCCC(C)(CC(C)C)OP([O-])(=S)[S-].[Zn+2]. The van der Waals surface area contributed by atoms with Gasteiger partial charge in [-0.15, -0.1) is 17.5 Å². The molecule has 15 heavy (non-hydrogen) atoms. The third-order valence-corrected chi connectivity index (χ3v) is 3.06. The van der Waals surface area contributed by atoms with E-state index in [1.807, 2.05) is 6.92 Å². The molecule has 2 nitrogen and oxygen atoms in total. The van der Waals surface area contributed by atoms with Crippen molar-refractivity contribution in [2.75, 3.05) is 0 Å². The average Bonchev–Trinajstić information content (AvgIpc) is 1.78. The zero-order valence-electron chi connectivity index (χ0n) is 9.99. The van der Waals surface area contributed by atoms with E-state index in [0.29, 0.717) is 5.92 Å². The molecule has 0 spiro atoms. The third-order valence-electron chi connectivity index (χ3n) is 1.95. The Morgan fingerprint density at radius 2 is 2.00 bits per heavy atom. The van der Waals surface area contributed by atoms with Gasteiger partial charge in [0.05, 0.1) is 5.60 Å². The van der Waals surface area contributed by atoms with Gasteiger partial charge in [-0.25, -0.2) is 0 Å². The predicted molar refractivity (Wildman–Crippen MR) is 65.5 cm³/mol. The summed E-state index contributed by atoms with van der Waals surface area (Å²) in [6, 6.07) is 0. The fraction of sp³-hybridized carbons (Fsp3) is 1.00. The van der Waals surface area contributed by atoms with Crippen LogP contribution in [0.5, 0.6) is 0 Å². The van der Waals surface area contributed by atoms with E-state index in [4.69, 9.17) is 4.52 Å². The van der Waals surface area contributed by atoms with Gasteiger partial charge in [0.2, 0.25) is 0 Å². The van der Waals surface area contributed by atoms with Crippen LogP contribution in [0.15, 0.2) is 0 Å². The van der Waals surface area contributed by atoms with Crippen molar-refractivity contribution < 1.29 is 28.9 Å². The van der Waals surface area contributed by atoms with Crippen molar-refractivity contribution in [3.63, 3.8) is 0 Å². The molecule has 0 radical (unpaired) electrons. The van der Waals surface area contributed by atoms with Gasteiger partial charge in [0, 0.05) is 0 Å². The second kappa shape index (κ2) is 7.79. The van der Waals surface area contributed by atoms with Crippen LogP contribution in [0.1, 0.15) is 47.0 Å². The Morgan fingerprint density at radius 1 is 1.53 bits per heavy atom. The normalized spacial score (nSPS) is 19.1. The molecule has 0 heterocycles.